The molecule has 0 N–H and O–H groups in total. The highest BCUT2D eigenvalue weighted by molar-refractivity contribution is 5.77. The zero-order valence-electron chi connectivity index (χ0n) is 13.8. The lowest BCUT2D eigenvalue weighted by Crippen LogP contribution is -2.49. The summed E-state index contributed by atoms with van der Waals surface area (Å²) < 4.78 is 10.8. The number of rotatable bonds is 6. The third-order valence-corrected chi connectivity index (χ3v) is 4.32. The van der Waals surface area contributed by atoms with Gasteiger partial charge >= 0.3 is 6.09 Å². The van der Waals surface area contributed by atoms with E-state index in [0.717, 1.165) is 6.54 Å². The summed E-state index contributed by atoms with van der Waals surface area (Å²) in [6.45, 7) is 5.94. The highest BCUT2D eigenvalue weighted by Crippen LogP contribution is 2.33. The van der Waals surface area contributed by atoms with Crippen molar-refractivity contribution < 1.29 is 19.1 Å². The monoisotopic (exact) mass is 313 g/mol. The molecule has 2 fully saturated rings. The summed E-state index contributed by atoms with van der Waals surface area (Å²) in [5.74, 6) is 0.0190. The lowest BCUT2D eigenvalue weighted by Gasteiger charge is -2.37. The molecule has 0 unspecified atom stereocenters. The Labute approximate surface area is 132 Å². The van der Waals surface area contributed by atoms with Crippen molar-refractivity contribution in [1.29, 1.82) is 0 Å². The van der Waals surface area contributed by atoms with E-state index in [9.17, 15) is 9.59 Å². The maximum Gasteiger partial charge on any atom is 0.410 e. The van der Waals surface area contributed by atoms with Crippen molar-refractivity contribution >= 4 is 12.0 Å². The first-order chi connectivity index (χ1) is 10.5. The fourth-order valence-electron chi connectivity index (χ4n) is 2.89. The largest absolute Gasteiger partial charge is 0.441 e. The Morgan fingerprint density at radius 1 is 1.36 bits per heavy atom. The highest BCUT2D eigenvalue weighted by atomic mass is 16.6. The lowest BCUT2D eigenvalue weighted by atomic mass is 9.91. The van der Waals surface area contributed by atoms with Crippen LogP contribution in [0.3, 0.4) is 0 Å². The molecule has 1 spiro atoms. The van der Waals surface area contributed by atoms with Gasteiger partial charge in [0.1, 0.15) is 12.2 Å². The fourth-order valence-corrected chi connectivity index (χ4v) is 2.89. The summed E-state index contributed by atoms with van der Waals surface area (Å²) >= 11 is 0. The number of carbonyl (C=O) groups is 2. The molecule has 2 saturated heterocycles. The molecule has 2 heterocycles. The van der Waals surface area contributed by atoms with Crippen LogP contribution in [0.25, 0.3) is 0 Å². The summed E-state index contributed by atoms with van der Waals surface area (Å²) in [6, 6.07) is 0. The van der Waals surface area contributed by atoms with E-state index in [1.54, 1.807) is 9.80 Å². The molecule has 126 valence electrons. The number of hydrogen-bond donors (Lipinski definition) is 0. The first-order valence-electron chi connectivity index (χ1n) is 7.94. The van der Waals surface area contributed by atoms with Crippen LogP contribution in [0, 0.1) is 0 Å². The molecule has 2 amide bonds. The number of amides is 2. The molecule has 0 radical (unpaired) electrons. The number of piperidine rings is 1. The van der Waals surface area contributed by atoms with Crippen molar-refractivity contribution in [1.82, 2.24) is 14.7 Å². The zero-order valence-corrected chi connectivity index (χ0v) is 13.8. The first-order valence-corrected chi connectivity index (χ1v) is 7.94. The van der Waals surface area contributed by atoms with Crippen molar-refractivity contribution in [3.05, 3.63) is 0 Å². The van der Waals surface area contributed by atoms with E-state index in [2.05, 4.69) is 0 Å². The zero-order chi connectivity index (χ0) is 16.2. The van der Waals surface area contributed by atoms with E-state index >= 15 is 0 Å². The molecule has 2 aliphatic rings. The molecule has 0 aromatic rings. The summed E-state index contributed by atoms with van der Waals surface area (Å²) in [5.41, 5.74) is -0.411. The number of ether oxygens (including phenoxy) is 2. The second-order valence-corrected chi connectivity index (χ2v) is 6.29. The van der Waals surface area contributed by atoms with Crippen molar-refractivity contribution in [3.63, 3.8) is 0 Å². The van der Waals surface area contributed by atoms with Gasteiger partial charge in [-0.2, -0.15) is 0 Å². The van der Waals surface area contributed by atoms with Crippen molar-refractivity contribution in [2.75, 3.05) is 60.0 Å². The average molecular weight is 313 g/mol. The second kappa shape index (κ2) is 7.28. The van der Waals surface area contributed by atoms with E-state index in [0.29, 0.717) is 45.6 Å². The molecule has 2 aliphatic heterocycles. The van der Waals surface area contributed by atoms with Gasteiger partial charge in [0.05, 0.1) is 6.54 Å². The Morgan fingerprint density at radius 3 is 2.64 bits per heavy atom. The maximum atomic E-state index is 12.0. The third-order valence-electron chi connectivity index (χ3n) is 4.32. The van der Waals surface area contributed by atoms with Gasteiger partial charge in [0.2, 0.25) is 5.91 Å². The Hall–Kier alpha value is -1.34. The van der Waals surface area contributed by atoms with Gasteiger partial charge in [-0.05, 0) is 21.0 Å². The minimum Gasteiger partial charge on any atom is -0.441 e. The van der Waals surface area contributed by atoms with Crippen LogP contribution in [-0.4, -0.2) is 92.3 Å². The van der Waals surface area contributed by atoms with E-state index in [1.807, 2.05) is 25.9 Å². The Bertz CT molecular complexity index is 406. The molecule has 0 bridgehead atoms. The van der Waals surface area contributed by atoms with E-state index < -0.39 is 5.60 Å². The summed E-state index contributed by atoms with van der Waals surface area (Å²) in [7, 11) is 3.97. The first kappa shape index (κ1) is 17.0. The predicted octanol–water partition coefficient (Wildman–Crippen LogP) is 0.398. The van der Waals surface area contributed by atoms with Gasteiger partial charge in [0, 0.05) is 45.6 Å². The summed E-state index contributed by atoms with van der Waals surface area (Å²) in [5, 5.41) is 0. The summed E-state index contributed by atoms with van der Waals surface area (Å²) in [4.78, 5) is 29.6. The van der Waals surface area contributed by atoms with Crippen LogP contribution in [0.15, 0.2) is 0 Å². The molecule has 0 aromatic heterocycles. The fraction of sp³-hybridized carbons (Fsp3) is 0.867. The Kier molecular flexibility index (Phi) is 5.63. The molecule has 7 nitrogen and oxygen atoms in total. The number of likely N-dealkylation sites (tertiary alicyclic amines) is 1. The normalized spacial score (nSPS) is 20.8. The molecule has 2 rings (SSSR count). The summed E-state index contributed by atoms with van der Waals surface area (Å²) in [6.07, 6.45) is 1.18. The van der Waals surface area contributed by atoms with Gasteiger partial charge in [-0.1, -0.05) is 0 Å². The van der Waals surface area contributed by atoms with E-state index in [4.69, 9.17) is 9.47 Å². The minimum absolute atomic E-state index is 0.0190. The third kappa shape index (κ3) is 4.10. The maximum absolute atomic E-state index is 12.0. The number of hydrogen-bond acceptors (Lipinski definition) is 5. The smallest absolute Gasteiger partial charge is 0.410 e. The SMILES string of the molecule is CCOCC(=O)N1CCC2(CC1)CN(CCN(C)C)C(=O)O2. The van der Waals surface area contributed by atoms with Crippen LogP contribution >= 0.6 is 0 Å². The molecular weight excluding hydrogens is 286 g/mol. The number of nitrogens with zero attached hydrogens (tertiary/aromatic N) is 3. The Morgan fingerprint density at radius 2 is 2.05 bits per heavy atom. The molecule has 22 heavy (non-hydrogen) atoms. The standard InChI is InChI=1S/C15H27N3O4/c1-4-21-11-13(19)17-7-5-15(6-8-17)12-18(14(20)22-15)10-9-16(2)3/h4-12H2,1-3H3. The van der Waals surface area contributed by atoms with Crippen LogP contribution in [-0.2, 0) is 14.3 Å². The van der Waals surface area contributed by atoms with Crippen LogP contribution in [0.5, 0.6) is 0 Å². The highest BCUT2D eigenvalue weighted by Gasteiger charge is 2.47. The van der Waals surface area contributed by atoms with Crippen molar-refractivity contribution in [2.45, 2.75) is 25.4 Å². The second-order valence-electron chi connectivity index (χ2n) is 6.29. The number of likely N-dealkylation sites (N-methyl/N-ethyl adjacent to an activating group) is 1. The number of carbonyl (C=O) groups excluding carboxylic acids is 2. The van der Waals surface area contributed by atoms with Crippen molar-refractivity contribution in [2.24, 2.45) is 0 Å². The van der Waals surface area contributed by atoms with Crippen LogP contribution in [0.2, 0.25) is 0 Å². The molecular formula is C15H27N3O4. The topological polar surface area (TPSA) is 62.3 Å². The molecule has 0 saturated carbocycles. The average Bonchev–Trinajstić information content (AvgIpc) is 2.79. The molecule has 0 aliphatic carbocycles. The van der Waals surface area contributed by atoms with E-state index in [1.165, 1.54) is 0 Å². The van der Waals surface area contributed by atoms with Crippen LogP contribution in [0.1, 0.15) is 19.8 Å². The van der Waals surface area contributed by atoms with Gasteiger partial charge in [-0.15, -0.1) is 0 Å². The Balaban J connectivity index is 1.83. The van der Waals surface area contributed by atoms with Gasteiger partial charge < -0.3 is 24.2 Å². The quantitative estimate of drug-likeness (QED) is 0.710. The molecule has 0 aromatic carbocycles. The van der Waals surface area contributed by atoms with Gasteiger partial charge in [0.15, 0.2) is 0 Å². The van der Waals surface area contributed by atoms with Crippen LogP contribution < -0.4 is 0 Å². The molecule has 0 atom stereocenters. The van der Waals surface area contributed by atoms with E-state index in [-0.39, 0.29) is 18.6 Å². The van der Waals surface area contributed by atoms with Gasteiger partial charge in [-0.3, -0.25) is 4.79 Å². The van der Waals surface area contributed by atoms with Crippen molar-refractivity contribution in [3.8, 4) is 0 Å². The lowest BCUT2D eigenvalue weighted by molar-refractivity contribution is -0.139. The predicted molar refractivity (Wildman–Crippen MR) is 81.6 cm³/mol. The molecule has 7 heteroatoms. The van der Waals surface area contributed by atoms with Gasteiger partial charge in [0.25, 0.3) is 0 Å². The van der Waals surface area contributed by atoms with Crippen LogP contribution in [0.4, 0.5) is 4.79 Å². The van der Waals surface area contributed by atoms with Gasteiger partial charge in [-0.25, -0.2) is 4.79 Å². The minimum atomic E-state index is -0.411.